The molecular weight excluding hydrogens is 268 g/mol. The molecule has 0 unspecified atom stereocenters. The van der Waals surface area contributed by atoms with Gasteiger partial charge in [-0.2, -0.15) is 0 Å². The lowest BCUT2D eigenvalue weighted by molar-refractivity contribution is 0.223. The molecule has 102 valence electrons. The highest BCUT2D eigenvalue weighted by molar-refractivity contribution is 7.70. The van der Waals surface area contributed by atoms with E-state index in [1.54, 1.807) is 0 Å². The minimum absolute atomic E-state index is 0.172. The van der Waals surface area contributed by atoms with E-state index in [2.05, 4.69) is 0 Å². The van der Waals surface area contributed by atoms with Crippen molar-refractivity contribution in [3.8, 4) is 0 Å². The first kappa shape index (κ1) is 15.3. The zero-order valence-electron chi connectivity index (χ0n) is 9.47. The first-order valence-corrected chi connectivity index (χ1v) is 8.90. The lowest BCUT2D eigenvalue weighted by Gasteiger charge is -2.28. The van der Waals surface area contributed by atoms with Gasteiger partial charge in [-0.25, -0.2) is 0 Å². The molecule has 7 nitrogen and oxygen atoms in total. The highest BCUT2D eigenvalue weighted by atomic mass is 31.2. The highest BCUT2D eigenvalue weighted by Crippen LogP contribution is 2.61. The first-order chi connectivity index (χ1) is 7.71. The molecule has 0 saturated carbocycles. The molecule has 1 rings (SSSR count). The van der Waals surface area contributed by atoms with E-state index in [0.29, 0.717) is 6.54 Å². The van der Waals surface area contributed by atoms with Crippen LogP contribution in [-0.4, -0.2) is 49.5 Å². The third-order valence-electron chi connectivity index (χ3n) is 2.93. The lowest BCUT2D eigenvalue weighted by Crippen LogP contribution is -2.32. The van der Waals surface area contributed by atoms with Gasteiger partial charge in [-0.15, -0.1) is 0 Å². The van der Waals surface area contributed by atoms with Crippen LogP contribution in [0.15, 0.2) is 0 Å². The largest absolute Gasteiger partial charge is 0.340 e. The molecule has 0 bridgehead atoms. The summed E-state index contributed by atoms with van der Waals surface area (Å²) in [6, 6.07) is 0. The maximum Gasteiger partial charge on any atom is 0.340 e. The number of hydrogen-bond donors (Lipinski definition) is 4. The summed E-state index contributed by atoms with van der Waals surface area (Å²) in [7, 11) is -9.51. The molecular formula is C8H19NO6P2. The second-order valence-electron chi connectivity index (χ2n) is 4.35. The summed E-state index contributed by atoms with van der Waals surface area (Å²) in [5.74, 6) is 0. The van der Waals surface area contributed by atoms with Crippen molar-refractivity contribution in [3.05, 3.63) is 0 Å². The van der Waals surface area contributed by atoms with Gasteiger partial charge < -0.3 is 24.5 Å². The molecule has 1 fully saturated rings. The highest BCUT2D eigenvalue weighted by Gasteiger charge is 2.42. The van der Waals surface area contributed by atoms with Gasteiger partial charge in [0.15, 0.2) is 5.40 Å². The maximum atomic E-state index is 11.0. The van der Waals surface area contributed by atoms with Crippen LogP contribution in [0.4, 0.5) is 0 Å². The van der Waals surface area contributed by atoms with Gasteiger partial charge in [-0.3, -0.25) is 9.13 Å². The second-order valence-corrected chi connectivity index (χ2v) is 8.36. The number of piperidine rings is 1. The van der Waals surface area contributed by atoms with Crippen molar-refractivity contribution >= 4 is 15.2 Å². The Morgan fingerprint density at radius 3 is 1.82 bits per heavy atom. The van der Waals surface area contributed by atoms with Crippen molar-refractivity contribution in [1.82, 2.24) is 4.90 Å². The third kappa shape index (κ3) is 5.18. The molecule has 0 aliphatic carbocycles. The summed E-state index contributed by atoms with van der Waals surface area (Å²) < 4.78 is 22.1. The van der Waals surface area contributed by atoms with Gasteiger partial charge in [0.1, 0.15) is 0 Å². The molecule has 17 heavy (non-hydrogen) atoms. The van der Waals surface area contributed by atoms with Crippen molar-refractivity contribution in [2.75, 3.05) is 19.6 Å². The van der Waals surface area contributed by atoms with Gasteiger partial charge in [0.2, 0.25) is 0 Å². The number of likely N-dealkylation sites (tertiary alicyclic amines) is 1. The summed E-state index contributed by atoms with van der Waals surface area (Å²) in [4.78, 5) is 37.8. The monoisotopic (exact) mass is 287 g/mol. The van der Waals surface area contributed by atoms with Crippen LogP contribution in [0.2, 0.25) is 0 Å². The van der Waals surface area contributed by atoms with E-state index in [9.17, 15) is 9.13 Å². The van der Waals surface area contributed by atoms with Crippen molar-refractivity contribution in [1.29, 1.82) is 0 Å². The van der Waals surface area contributed by atoms with Crippen LogP contribution in [0.5, 0.6) is 0 Å². The van der Waals surface area contributed by atoms with E-state index >= 15 is 0 Å². The van der Waals surface area contributed by atoms with Gasteiger partial charge in [-0.1, -0.05) is 6.42 Å². The van der Waals surface area contributed by atoms with E-state index in [0.717, 1.165) is 32.4 Å². The fourth-order valence-electron chi connectivity index (χ4n) is 2.01. The SMILES string of the molecule is O=P(O)(O)C(CCN1CCCCC1)P(=O)(O)O. The Labute approximate surface area is 100 Å². The topological polar surface area (TPSA) is 118 Å². The summed E-state index contributed by atoms with van der Waals surface area (Å²) in [6.45, 7) is 1.98. The van der Waals surface area contributed by atoms with Crippen molar-refractivity contribution in [3.63, 3.8) is 0 Å². The van der Waals surface area contributed by atoms with E-state index in [1.165, 1.54) is 0 Å². The minimum Gasteiger partial charge on any atom is -0.324 e. The Bertz CT molecular complexity index is 309. The smallest absolute Gasteiger partial charge is 0.324 e. The molecule has 9 heteroatoms. The van der Waals surface area contributed by atoms with E-state index in [4.69, 9.17) is 19.6 Å². The maximum absolute atomic E-state index is 11.0. The average molecular weight is 287 g/mol. The van der Waals surface area contributed by atoms with Crippen LogP contribution in [-0.2, 0) is 9.13 Å². The Hall–Kier alpha value is 0.260. The predicted octanol–water partition coefficient (Wildman–Crippen LogP) is 0.544. The molecule has 0 radical (unpaired) electrons. The summed E-state index contributed by atoms with van der Waals surface area (Å²) in [5, 5.41) is -1.86. The zero-order valence-corrected chi connectivity index (χ0v) is 11.3. The average Bonchev–Trinajstić information content (AvgIpc) is 2.15. The fourth-order valence-corrected chi connectivity index (χ4v) is 4.48. The van der Waals surface area contributed by atoms with Crippen molar-refractivity contribution in [2.45, 2.75) is 31.1 Å². The van der Waals surface area contributed by atoms with Crippen molar-refractivity contribution < 1.29 is 28.7 Å². The van der Waals surface area contributed by atoms with Crippen molar-refractivity contribution in [2.24, 2.45) is 0 Å². The van der Waals surface area contributed by atoms with Crippen LogP contribution >= 0.6 is 15.2 Å². The van der Waals surface area contributed by atoms with Gasteiger partial charge in [0, 0.05) is 0 Å². The molecule has 4 N–H and O–H groups in total. The Morgan fingerprint density at radius 1 is 0.941 bits per heavy atom. The Balaban J connectivity index is 2.56. The molecule has 0 aromatic rings. The number of hydrogen-bond acceptors (Lipinski definition) is 3. The van der Waals surface area contributed by atoms with Gasteiger partial charge in [-0.05, 0) is 38.9 Å². The molecule has 0 atom stereocenters. The fraction of sp³-hybridized carbons (Fsp3) is 1.00. The Morgan fingerprint density at radius 2 is 1.41 bits per heavy atom. The van der Waals surface area contributed by atoms with E-state index in [1.807, 2.05) is 4.90 Å². The van der Waals surface area contributed by atoms with Crippen LogP contribution in [0, 0.1) is 0 Å². The first-order valence-electron chi connectivity index (χ1n) is 5.54. The standard InChI is InChI=1S/C8H19NO6P2/c10-16(11,12)8(17(13,14)15)4-7-9-5-2-1-3-6-9/h8H,1-7H2,(H2,10,11,12)(H2,13,14,15). The normalized spacial score (nSPS) is 19.8. The molecule has 0 aromatic carbocycles. The quantitative estimate of drug-likeness (QED) is 0.545. The van der Waals surface area contributed by atoms with Gasteiger partial charge in [0.05, 0.1) is 0 Å². The van der Waals surface area contributed by atoms with Gasteiger partial charge >= 0.3 is 15.2 Å². The van der Waals surface area contributed by atoms with Crippen LogP contribution < -0.4 is 0 Å². The second kappa shape index (κ2) is 5.93. The number of nitrogens with zero attached hydrogens (tertiary/aromatic N) is 1. The zero-order chi connectivity index (χ0) is 13.1. The predicted molar refractivity (Wildman–Crippen MR) is 62.8 cm³/mol. The Kier molecular flexibility index (Phi) is 5.35. The lowest BCUT2D eigenvalue weighted by atomic mass is 10.1. The van der Waals surface area contributed by atoms with Crippen LogP contribution in [0.1, 0.15) is 25.7 Å². The van der Waals surface area contributed by atoms with E-state index < -0.39 is 20.6 Å². The molecule has 1 aliphatic rings. The number of rotatable bonds is 5. The molecule has 0 spiro atoms. The summed E-state index contributed by atoms with van der Waals surface area (Å²) in [6.07, 6.45) is 3.01. The minimum atomic E-state index is -4.75. The molecule has 1 aliphatic heterocycles. The van der Waals surface area contributed by atoms with Crippen LogP contribution in [0.3, 0.4) is 0 Å². The van der Waals surface area contributed by atoms with E-state index in [-0.39, 0.29) is 6.42 Å². The molecule has 0 amide bonds. The van der Waals surface area contributed by atoms with Gasteiger partial charge in [0.25, 0.3) is 0 Å². The third-order valence-corrected chi connectivity index (χ3v) is 6.80. The summed E-state index contributed by atoms with van der Waals surface area (Å²) in [5.41, 5.74) is 0. The molecule has 0 aromatic heterocycles. The molecule has 1 saturated heterocycles. The molecule has 1 heterocycles. The van der Waals surface area contributed by atoms with Crippen LogP contribution in [0.25, 0.3) is 0 Å². The summed E-state index contributed by atoms with van der Waals surface area (Å²) >= 11 is 0.